The summed E-state index contributed by atoms with van der Waals surface area (Å²) in [6.45, 7) is 5.65. The number of aromatic nitrogens is 5. The number of ether oxygens (including phenoxy) is 1. The van der Waals surface area contributed by atoms with E-state index >= 15 is 0 Å². The third-order valence-corrected chi connectivity index (χ3v) is 8.14. The van der Waals surface area contributed by atoms with Crippen LogP contribution >= 0.6 is 0 Å². The van der Waals surface area contributed by atoms with Gasteiger partial charge in [0.05, 0.1) is 54.4 Å². The molecule has 2 saturated heterocycles. The van der Waals surface area contributed by atoms with Gasteiger partial charge in [-0.1, -0.05) is 0 Å². The summed E-state index contributed by atoms with van der Waals surface area (Å²) in [6, 6.07) is 7.57. The molecule has 1 amide bonds. The number of amides is 1. The van der Waals surface area contributed by atoms with Crippen LogP contribution in [0, 0.1) is 11.6 Å². The highest BCUT2D eigenvalue weighted by Gasteiger charge is 2.24. The number of fused-ring (bicyclic) bond motifs is 3. The number of benzene rings is 1. The maximum Gasteiger partial charge on any atom is 0.254 e. The van der Waals surface area contributed by atoms with Crippen LogP contribution in [0.15, 0.2) is 47.2 Å². The maximum atomic E-state index is 14.9. The molecule has 5 aromatic rings. The van der Waals surface area contributed by atoms with E-state index in [2.05, 4.69) is 30.7 Å². The van der Waals surface area contributed by atoms with Crippen molar-refractivity contribution in [2.75, 3.05) is 69.7 Å². The number of nitrogens with two attached hydrogens (primary N) is 1. The number of carbonyl (C=O) groups excluding carboxylic acids is 1. The lowest BCUT2D eigenvalue weighted by Gasteiger charge is -2.36. The summed E-state index contributed by atoms with van der Waals surface area (Å²) in [6.07, 6.45) is 3.35. The molecule has 0 aliphatic carbocycles. The molecule has 2 fully saturated rings. The van der Waals surface area contributed by atoms with Crippen molar-refractivity contribution in [2.45, 2.75) is 12.6 Å². The van der Waals surface area contributed by atoms with Crippen molar-refractivity contribution in [1.82, 2.24) is 39.9 Å². The molecule has 0 spiro atoms. The number of furan rings is 1. The van der Waals surface area contributed by atoms with Crippen molar-refractivity contribution in [3.05, 3.63) is 60.0 Å². The largest absolute Gasteiger partial charge is 0.463 e. The lowest BCUT2D eigenvalue weighted by atomic mass is 10.1. The summed E-state index contributed by atoms with van der Waals surface area (Å²) >= 11 is 0. The van der Waals surface area contributed by atoms with Crippen LogP contribution in [0.5, 0.6) is 0 Å². The predicted molar refractivity (Wildman–Crippen MR) is 158 cm³/mol. The van der Waals surface area contributed by atoms with E-state index in [1.54, 1.807) is 23.0 Å². The van der Waals surface area contributed by atoms with Gasteiger partial charge in [-0.15, -0.1) is 0 Å². The number of halogens is 2. The van der Waals surface area contributed by atoms with Crippen molar-refractivity contribution in [3.8, 4) is 11.5 Å². The van der Waals surface area contributed by atoms with E-state index < -0.39 is 17.5 Å². The minimum absolute atomic E-state index is 0.0520. The van der Waals surface area contributed by atoms with Gasteiger partial charge in [-0.3, -0.25) is 9.69 Å². The number of piperazine rings is 1. The zero-order valence-corrected chi connectivity index (χ0v) is 23.9. The van der Waals surface area contributed by atoms with Crippen LogP contribution in [0.2, 0.25) is 0 Å². The van der Waals surface area contributed by atoms with Crippen LogP contribution in [0.3, 0.4) is 0 Å². The number of nitrogens with one attached hydrogen (secondary N) is 2. The molecular weight excluding hydrogens is 574 g/mol. The normalized spacial score (nSPS) is 18.0. The molecule has 1 unspecified atom stereocenters. The number of hydrogen-bond acceptors (Lipinski definition) is 10. The quantitative estimate of drug-likeness (QED) is 0.239. The summed E-state index contributed by atoms with van der Waals surface area (Å²) in [5.41, 5.74) is 8.37. The number of hydrogen-bond donors (Lipinski definition) is 3. The Bertz CT molecular complexity index is 1790. The molecule has 4 aromatic heterocycles. The number of rotatable bonds is 8. The van der Waals surface area contributed by atoms with E-state index in [1.165, 1.54) is 6.07 Å². The van der Waals surface area contributed by atoms with Crippen molar-refractivity contribution in [3.63, 3.8) is 0 Å². The monoisotopic (exact) mass is 606 g/mol. The number of morpholine rings is 1. The minimum atomic E-state index is -0.888. The molecule has 0 radical (unpaired) electrons. The van der Waals surface area contributed by atoms with E-state index in [0.29, 0.717) is 76.1 Å². The summed E-state index contributed by atoms with van der Waals surface area (Å²) in [7, 11) is 0. The number of nitrogen functional groups attached to an aromatic ring is 1. The van der Waals surface area contributed by atoms with Crippen LogP contribution in [-0.2, 0) is 11.3 Å². The molecule has 15 heteroatoms. The fourth-order valence-corrected chi connectivity index (χ4v) is 5.75. The average Bonchev–Trinajstić information content (AvgIpc) is 3.80. The second-order valence-electron chi connectivity index (χ2n) is 10.9. The smallest absolute Gasteiger partial charge is 0.254 e. The van der Waals surface area contributed by atoms with E-state index in [1.807, 2.05) is 21.7 Å². The van der Waals surface area contributed by atoms with Crippen molar-refractivity contribution < 1.29 is 22.7 Å². The van der Waals surface area contributed by atoms with E-state index in [-0.39, 0.29) is 29.8 Å². The van der Waals surface area contributed by atoms with Crippen LogP contribution < -0.4 is 21.3 Å². The van der Waals surface area contributed by atoms with Gasteiger partial charge in [-0.05, 0) is 24.3 Å². The van der Waals surface area contributed by atoms with Gasteiger partial charge in [0.25, 0.3) is 5.91 Å². The molecule has 2 aliphatic rings. The Labute approximate surface area is 250 Å². The standard InChI is InChI=1S/C29H32F2N10O3/c30-21-13-22(31)25(12-19(21)28(42)34-15-18-17-43-11-3-33-18)39-7-4-38(5-8-39)6-9-40-27-20(16-35-40)24-14-23(26-2-1-10-44-26)37-41(24)29(32)36-27/h1-2,10,12-14,16,18,33H,3-9,11,15,17H2,(H2,32,36)(H,34,42). The molecule has 2 aliphatic heterocycles. The topological polar surface area (TPSA) is 144 Å². The molecule has 7 rings (SSSR count). The lowest BCUT2D eigenvalue weighted by molar-refractivity contribution is 0.0734. The zero-order valence-electron chi connectivity index (χ0n) is 23.9. The third-order valence-electron chi connectivity index (χ3n) is 8.14. The van der Waals surface area contributed by atoms with Gasteiger partial charge >= 0.3 is 0 Å². The fourth-order valence-electron chi connectivity index (χ4n) is 5.75. The first-order valence-electron chi connectivity index (χ1n) is 14.5. The van der Waals surface area contributed by atoms with Gasteiger partial charge in [0, 0.05) is 57.9 Å². The van der Waals surface area contributed by atoms with Crippen LogP contribution in [0.4, 0.5) is 20.4 Å². The minimum Gasteiger partial charge on any atom is -0.463 e. The van der Waals surface area contributed by atoms with Gasteiger partial charge < -0.3 is 30.4 Å². The Balaban J connectivity index is 0.988. The first-order chi connectivity index (χ1) is 21.4. The molecule has 1 atom stereocenters. The molecule has 0 saturated carbocycles. The lowest BCUT2D eigenvalue weighted by Crippen LogP contribution is -2.48. The second-order valence-corrected chi connectivity index (χ2v) is 10.9. The first-order valence-corrected chi connectivity index (χ1v) is 14.5. The Hall–Kier alpha value is -4.60. The van der Waals surface area contributed by atoms with E-state index in [9.17, 15) is 13.6 Å². The molecule has 0 bridgehead atoms. The van der Waals surface area contributed by atoms with E-state index in [0.717, 1.165) is 17.0 Å². The van der Waals surface area contributed by atoms with Gasteiger partial charge in [-0.2, -0.15) is 19.7 Å². The van der Waals surface area contributed by atoms with Crippen molar-refractivity contribution >= 4 is 34.1 Å². The number of carbonyl (C=O) groups is 1. The van der Waals surface area contributed by atoms with E-state index in [4.69, 9.17) is 14.9 Å². The average molecular weight is 607 g/mol. The third kappa shape index (κ3) is 5.44. The predicted octanol–water partition coefficient (Wildman–Crippen LogP) is 1.74. The number of nitrogens with zero attached hydrogens (tertiary/aromatic N) is 7. The maximum absolute atomic E-state index is 14.9. The van der Waals surface area contributed by atoms with Gasteiger partial charge in [0.2, 0.25) is 5.95 Å². The summed E-state index contributed by atoms with van der Waals surface area (Å²) < 4.78 is 43.7. The SMILES string of the molecule is Nc1nc2c(cnn2CCN2CCN(c3cc(C(=O)NCC4COCCN4)c(F)cc3F)CC2)c2cc(-c3ccco3)nn12. The highest BCUT2D eigenvalue weighted by molar-refractivity contribution is 5.95. The first kappa shape index (κ1) is 28.2. The molecule has 4 N–H and O–H groups in total. The second kappa shape index (κ2) is 11.8. The molecular formula is C29H32F2N10O3. The molecule has 230 valence electrons. The Morgan fingerprint density at radius 3 is 2.77 bits per heavy atom. The fraction of sp³-hybridized carbons (Fsp3) is 0.379. The van der Waals surface area contributed by atoms with Crippen molar-refractivity contribution in [1.29, 1.82) is 0 Å². The summed E-state index contributed by atoms with van der Waals surface area (Å²) in [5.74, 6) is -1.28. The zero-order chi connectivity index (χ0) is 30.2. The Morgan fingerprint density at radius 1 is 1.14 bits per heavy atom. The highest BCUT2D eigenvalue weighted by atomic mass is 19.1. The van der Waals surface area contributed by atoms with Gasteiger partial charge in [0.15, 0.2) is 11.4 Å². The van der Waals surface area contributed by atoms with Gasteiger partial charge in [-0.25, -0.2) is 13.5 Å². The Kier molecular flexibility index (Phi) is 7.57. The summed E-state index contributed by atoms with van der Waals surface area (Å²) in [5, 5.41) is 15.9. The van der Waals surface area contributed by atoms with Crippen LogP contribution in [-0.4, -0.2) is 100 Å². The molecule has 1 aromatic carbocycles. The van der Waals surface area contributed by atoms with Gasteiger partial charge in [0.1, 0.15) is 17.3 Å². The number of anilines is 2. The molecule has 13 nitrogen and oxygen atoms in total. The Morgan fingerprint density at radius 2 is 2.00 bits per heavy atom. The molecule has 44 heavy (non-hydrogen) atoms. The summed E-state index contributed by atoms with van der Waals surface area (Å²) in [4.78, 5) is 21.4. The molecule has 6 heterocycles. The van der Waals surface area contributed by atoms with Crippen LogP contribution in [0.25, 0.3) is 28.0 Å². The van der Waals surface area contributed by atoms with Crippen molar-refractivity contribution in [2.24, 2.45) is 0 Å². The van der Waals surface area contributed by atoms with Crippen LogP contribution in [0.1, 0.15) is 10.4 Å². The highest BCUT2D eigenvalue weighted by Crippen LogP contribution is 2.27.